The molecule has 8 heteroatoms. The molecule has 0 heterocycles. The highest BCUT2D eigenvalue weighted by atomic mass is 19.4. The quantitative estimate of drug-likeness (QED) is 0.744. The van der Waals surface area contributed by atoms with E-state index < -0.39 is 30.2 Å². The lowest BCUT2D eigenvalue weighted by molar-refractivity contribution is -0.383. The molecule has 0 saturated heterocycles. The van der Waals surface area contributed by atoms with Gasteiger partial charge in [0, 0.05) is 0 Å². The lowest BCUT2D eigenvalue weighted by atomic mass is 9.90. The standard InChI is InChI=1S/C17H18F6O2/c1-2-12-5-7-13(8-6-12)14(9-3-4-10-14)25-11-15(24,16(18,19)20)17(21,22)23/h2,5-8,24H,1,3-4,9-11H2. The zero-order valence-corrected chi connectivity index (χ0v) is 13.3. The van der Waals surface area contributed by atoms with E-state index in [0.29, 0.717) is 18.4 Å². The first kappa shape index (κ1) is 19.8. The monoisotopic (exact) mass is 368 g/mol. The zero-order chi connectivity index (χ0) is 18.9. The Bertz CT molecular complexity index is 583. The SMILES string of the molecule is C=Cc1ccc(C2(OCC(O)(C(F)(F)F)C(F)(F)F)CCCC2)cc1. The second-order valence-electron chi connectivity index (χ2n) is 6.17. The van der Waals surface area contributed by atoms with E-state index in [1.165, 1.54) is 0 Å². The average molecular weight is 368 g/mol. The van der Waals surface area contributed by atoms with Gasteiger partial charge in [0.2, 0.25) is 0 Å². The van der Waals surface area contributed by atoms with E-state index in [4.69, 9.17) is 4.74 Å². The van der Waals surface area contributed by atoms with Crippen molar-refractivity contribution in [1.82, 2.24) is 0 Å². The molecule has 1 saturated carbocycles. The van der Waals surface area contributed by atoms with E-state index in [0.717, 1.165) is 5.56 Å². The number of benzene rings is 1. The van der Waals surface area contributed by atoms with Crippen LogP contribution in [0.2, 0.25) is 0 Å². The summed E-state index contributed by atoms with van der Waals surface area (Å²) in [7, 11) is 0. The number of alkyl halides is 6. The van der Waals surface area contributed by atoms with Gasteiger partial charge in [0.05, 0.1) is 12.2 Å². The first-order valence-electron chi connectivity index (χ1n) is 7.68. The Labute approximate surface area is 141 Å². The summed E-state index contributed by atoms with van der Waals surface area (Å²) in [5, 5.41) is 9.30. The maximum Gasteiger partial charge on any atom is 0.428 e. The van der Waals surface area contributed by atoms with Crippen LogP contribution < -0.4 is 0 Å². The van der Waals surface area contributed by atoms with Crippen LogP contribution in [0.4, 0.5) is 26.3 Å². The number of hydrogen-bond donors (Lipinski definition) is 1. The van der Waals surface area contributed by atoms with Crippen molar-refractivity contribution in [3.8, 4) is 0 Å². The van der Waals surface area contributed by atoms with E-state index in [1.54, 1.807) is 30.3 Å². The fraction of sp³-hybridized carbons (Fsp3) is 0.529. The van der Waals surface area contributed by atoms with Crippen molar-refractivity contribution < 1.29 is 36.2 Å². The van der Waals surface area contributed by atoms with Crippen molar-refractivity contribution in [1.29, 1.82) is 0 Å². The molecule has 1 aromatic carbocycles. The van der Waals surface area contributed by atoms with Gasteiger partial charge in [-0.15, -0.1) is 0 Å². The van der Waals surface area contributed by atoms with E-state index in [1.807, 2.05) is 0 Å². The van der Waals surface area contributed by atoms with Crippen molar-refractivity contribution in [2.24, 2.45) is 0 Å². The van der Waals surface area contributed by atoms with Crippen LogP contribution in [0.3, 0.4) is 0 Å². The third kappa shape index (κ3) is 3.69. The van der Waals surface area contributed by atoms with Gasteiger partial charge >= 0.3 is 12.4 Å². The third-order valence-corrected chi connectivity index (χ3v) is 4.58. The smallest absolute Gasteiger partial charge is 0.372 e. The molecule has 0 radical (unpaired) electrons. The van der Waals surface area contributed by atoms with Crippen LogP contribution in [0, 0.1) is 0 Å². The molecule has 140 valence electrons. The molecule has 1 aromatic rings. The Morgan fingerprint density at radius 3 is 1.88 bits per heavy atom. The molecule has 0 spiro atoms. The van der Waals surface area contributed by atoms with Gasteiger partial charge in [-0.1, -0.05) is 49.8 Å². The van der Waals surface area contributed by atoms with Crippen LogP contribution in [0.1, 0.15) is 36.8 Å². The summed E-state index contributed by atoms with van der Waals surface area (Å²) in [5.74, 6) is 0. The molecule has 0 bridgehead atoms. The van der Waals surface area contributed by atoms with Crippen molar-refractivity contribution in [3.63, 3.8) is 0 Å². The summed E-state index contributed by atoms with van der Waals surface area (Å²) < 4.78 is 82.2. The van der Waals surface area contributed by atoms with Gasteiger partial charge in [0.15, 0.2) is 0 Å². The number of ether oxygens (including phenoxy) is 1. The molecular weight excluding hydrogens is 350 g/mol. The van der Waals surface area contributed by atoms with Gasteiger partial charge in [-0.05, 0) is 24.0 Å². The molecule has 0 unspecified atom stereocenters. The Balaban J connectivity index is 2.31. The van der Waals surface area contributed by atoms with E-state index in [-0.39, 0.29) is 12.8 Å². The molecular formula is C17H18F6O2. The number of hydrogen-bond acceptors (Lipinski definition) is 2. The summed E-state index contributed by atoms with van der Waals surface area (Å²) in [6.45, 7) is 1.68. The minimum atomic E-state index is -5.89. The second-order valence-corrected chi connectivity index (χ2v) is 6.17. The summed E-state index contributed by atoms with van der Waals surface area (Å²) in [4.78, 5) is 0. The van der Waals surface area contributed by atoms with Gasteiger partial charge < -0.3 is 9.84 Å². The normalized spacial score (nSPS) is 18.4. The predicted octanol–water partition coefficient (Wildman–Crippen LogP) is 4.97. The summed E-state index contributed by atoms with van der Waals surface area (Å²) in [6.07, 6.45) is -8.43. The van der Waals surface area contributed by atoms with Gasteiger partial charge in [0.25, 0.3) is 5.60 Å². The van der Waals surface area contributed by atoms with Crippen LogP contribution in [-0.2, 0) is 10.3 Å². The van der Waals surface area contributed by atoms with E-state index in [2.05, 4.69) is 6.58 Å². The maximum atomic E-state index is 12.8. The van der Waals surface area contributed by atoms with Crippen LogP contribution in [-0.4, -0.2) is 29.7 Å². The summed E-state index contributed by atoms with van der Waals surface area (Å²) >= 11 is 0. The minimum absolute atomic E-state index is 0.284. The van der Waals surface area contributed by atoms with Crippen molar-refractivity contribution in [2.75, 3.05) is 6.61 Å². The summed E-state index contributed by atoms with van der Waals surface area (Å²) in [5.41, 5.74) is -4.93. The third-order valence-electron chi connectivity index (χ3n) is 4.58. The molecule has 0 aliphatic heterocycles. The molecule has 1 fully saturated rings. The Kier molecular flexibility index (Phi) is 5.26. The van der Waals surface area contributed by atoms with Crippen LogP contribution in [0.25, 0.3) is 6.08 Å². The second kappa shape index (κ2) is 6.64. The lowest BCUT2D eigenvalue weighted by Gasteiger charge is -2.37. The highest BCUT2D eigenvalue weighted by molar-refractivity contribution is 5.47. The van der Waals surface area contributed by atoms with E-state index in [9.17, 15) is 31.4 Å². The van der Waals surface area contributed by atoms with Gasteiger partial charge in [-0.25, -0.2) is 0 Å². The molecule has 1 aliphatic rings. The van der Waals surface area contributed by atoms with Gasteiger partial charge in [-0.3, -0.25) is 0 Å². The average Bonchev–Trinajstić information content (AvgIpc) is 3.00. The van der Waals surface area contributed by atoms with Crippen molar-refractivity contribution in [3.05, 3.63) is 42.0 Å². The Morgan fingerprint density at radius 1 is 1.00 bits per heavy atom. The van der Waals surface area contributed by atoms with Gasteiger partial charge in [-0.2, -0.15) is 26.3 Å². The zero-order valence-electron chi connectivity index (χ0n) is 13.3. The largest absolute Gasteiger partial charge is 0.428 e. The van der Waals surface area contributed by atoms with Crippen LogP contribution >= 0.6 is 0 Å². The number of aliphatic hydroxyl groups is 1. The van der Waals surface area contributed by atoms with Crippen LogP contribution in [0.15, 0.2) is 30.8 Å². The fourth-order valence-electron chi connectivity index (χ4n) is 2.95. The fourth-order valence-corrected chi connectivity index (χ4v) is 2.95. The molecule has 1 N–H and O–H groups in total. The maximum absolute atomic E-state index is 12.8. The molecule has 0 atom stereocenters. The molecule has 2 rings (SSSR count). The molecule has 0 aromatic heterocycles. The lowest BCUT2D eigenvalue weighted by Crippen LogP contribution is -2.60. The highest BCUT2D eigenvalue weighted by Crippen LogP contribution is 2.47. The molecule has 2 nitrogen and oxygen atoms in total. The topological polar surface area (TPSA) is 29.5 Å². The Morgan fingerprint density at radius 2 is 1.48 bits per heavy atom. The minimum Gasteiger partial charge on any atom is -0.372 e. The first-order valence-corrected chi connectivity index (χ1v) is 7.68. The van der Waals surface area contributed by atoms with Crippen LogP contribution in [0.5, 0.6) is 0 Å². The van der Waals surface area contributed by atoms with Crippen molar-refractivity contribution in [2.45, 2.75) is 49.2 Å². The predicted molar refractivity (Wildman–Crippen MR) is 79.7 cm³/mol. The first-order chi connectivity index (χ1) is 11.5. The van der Waals surface area contributed by atoms with Crippen molar-refractivity contribution >= 4 is 6.08 Å². The van der Waals surface area contributed by atoms with E-state index >= 15 is 0 Å². The number of halogens is 6. The summed E-state index contributed by atoms with van der Waals surface area (Å²) in [6, 6.07) is 6.52. The number of rotatable bonds is 5. The molecule has 0 amide bonds. The molecule has 25 heavy (non-hydrogen) atoms. The highest BCUT2D eigenvalue weighted by Gasteiger charge is 2.71. The van der Waals surface area contributed by atoms with Gasteiger partial charge in [0.1, 0.15) is 0 Å². The molecule has 1 aliphatic carbocycles. The Hall–Kier alpha value is -1.54.